The first-order valence-electron chi connectivity index (χ1n) is 7.21. The highest BCUT2D eigenvalue weighted by atomic mass is 35.5. The molecule has 1 N–H and O–H groups in total. The van der Waals surface area contributed by atoms with Gasteiger partial charge in [0, 0.05) is 24.8 Å². The molecule has 0 radical (unpaired) electrons. The van der Waals surface area contributed by atoms with Crippen molar-refractivity contribution in [3.63, 3.8) is 0 Å². The van der Waals surface area contributed by atoms with E-state index in [9.17, 15) is 4.79 Å². The summed E-state index contributed by atoms with van der Waals surface area (Å²) in [4.78, 5) is 14.1. The van der Waals surface area contributed by atoms with E-state index in [1.807, 2.05) is 37.5 Å². The minimum atomic E-state index is -0.165. The summed E-state index contributed by atoms with van der Waals surface area (Å²) >= 11 is 12.1. The molecule has 5 nitrogen and oxygen atoms in total. The molecule has 0 aliphatic heterocycles. The van der Waals surface area contributed by atoms with Gasteiger partial charge in [-0.25, -0.2) is 0 Å². The first-order chi connectivity index (χ1) is 10.8. The Morgan fingerprint density at radius 3 is 2.43 bits per heavy atom. The Balaban J connectivity index is 2.00. The molecule has 1 aromatic carbocycles. The monoisotopic (exact) mass is 354 g/mol. The molecule has 0 unspecified atom stereocenters. The molecule has 0 aliphatic rings. The second-order valence-electron chi connectivity index (χ2n) is 5.59. The number of carbonyl (C=O) groups excluding carboxylic acids is 1. The van der Waals surface area contributed by atoms with E-state index in [2.05, 4.69) is 10.4 Å². The van der Waals surface area contributed by atoms with Crippen LogP contribution in [0.2, 0.25) is 10.0 Å². The number of benzene rings is 1. The average Bonchev–Trinajstić information content (AvgIpc) is 2.69. The Hall–Kier alpha value is -1.56. The molecule has 0 fully saturated rings. The van der Waals surface area contributed by atoms with Crippen molar-refractivity contribution >= 4 is 34.8 Å². The van der Waals surface area contributed by atoms with Gasteiger partial charge in [-0.15, -0.1) is 0 Å². The van der Waals surface area contributed by atoms with Gasteiger partial charge >= 0.3 is 0 Å². The van der Waals surface area contributed by atoms with Gasteiger partial charge in [-0.3, -0.25) is 14.4 Å². The third kappa shape index (κ3) is 4.25. The summed E-state index contributed by atoms with van der Waals surface area (Å²) in [6.07, 6.45) is 0. The largest absolute Gasteiger partial charge is 0.322 e. The maximum absolute atomic E-state index is 12.2. The van der Waals surface area contributed by atoms with E-state index in [0.717, 1.165) is 17.0 Å². The molecule has 0 bridgehead atoms. The second kappa shape index (κ2) is 7.34. The zero-order valence-corrected chi connectivity index (χ0v) is 15.2. The lowest BCUT2D eigenvalue weighted by molar-refractivity contribution is -0.117. The van der Waals surface area contributed by atoms with Crippen molar-refractivity contribution in [1.82, 2.24) is 14.7 Å². The second-order valence-corrected chi connectivity index (χ2v) is 6.40. The number of carbonyl (C=O) groups is 1. The minimum Gasteiger partial charge on any atom is -0.322 e. The molecular formula is C16H20Cl2N4O. The smallest absolute Gasteiger partial charge is 0.238 e. The fraction of sp³-hybridized carbons (Fsp3) is 0.375. The number of aromatic nitrogens is 2. The van der Waals surface area contributed by atoms with Crippen LogP contribution in [-0.4, -0.2) is 34.2 Å². The Morgan fingerprint density at radius 1 is 1.30 bits per heavy atom. The number of anilines is 1. The highest BCUT2D eigenvalue weighted by molar-refractivity contribution is 6.39. The van der Waals surface area contributed by atoms with Crippen molar-refractivity contribution in [2.45, 2.75) is 20.4 Å². The number of likely N-dealkylation sites (N-methyl/N-ethyl adjacent to an activating group) is 1. The molecule has 2 rings (SSSR count). The van der Waals surface area contributed by atoms with E-state index in [1.165, 1.54) is 0 Å². The van der Waals surface area contributed by atoms with Crippen LogP contribution in [0.1, 0.15) is 17.0 Å². The molecule has 0 atom stereocenters. The lowest BCUT2D eigenvalue weighted by atomic mass is 10.2. The van der Waals surface area contributed by atoms with Crippen LogP contribution in [0.25, 0.3) is 0 Å². The number of rotatable bonds is 5. The van der Waals surface area contributed by atoms with Crippen LogP contribution in [0.3, 0.4) is 0 Å². The quantitative estimate of drug-likeness (QED) is 0.894. The average molecular weight is 355 g/mol. The molecule has 2 aromatic rings. The van der Waals surface area contributed by atoms with E-state index >= 15 is 0 Å². The number of nitrogens with one attached hydrogen (secondary N) is 1. The molecule has 1 heterocycles. The van der Waals surface area contributed by atoms with Crippen molar-refractivity contribution in [3.8, 4) is 0 Å². The van der Waals surface area contributed by atoms with E-state index in [0.29, 0.717) is 22.3 Å². The third-order valence-corrected chi connectivity index (χ3v) is 4.36. The first-order valence-corrected chi connectivity index (χ1v) is 7.96. The van der Waals surface area contributed by atoms with Gasteiger partial charge in [-0.2, -0.15) is 5.10 Å². The summed E-state index contributed by atoms with van der Waals surface area (Å²) in [5, 5.41) is 8.00. The number of nitrogens with zero attached hydrogens (tertiary/aromatic N) is 3. The topological polar surface area (TPSA) is 50.2 Å². The zero-order chi connectivity index (χ0) is 17.1. The third-order valence-electron chi connectivity index (χ3n) is 3.73. The summed E-state index contributed by atoms with van der Waals surface area (Å²) < 4.78 is 1.85. The number of amides is 1. The van der Waals surface area contributed by atoms with Crippen LogP contribution in [0.4, 0.5) is 5.69 Å². The van der Waals surface area contributed by atoms with Gasteiger partial charge in [0.15, 0.2) is 0 Å². The molecule has 0 saturated heterocycles. The Labute approximate surface area is 146 Å². The van der Waals surface area contributed by atoms with Gasteiger partial charge in [0.05, 0.1) is 28.0 Å². The van der Waals surface area contributed by atoms with E-state index in [-0.39, 0.29) is 12.5 Å². The number of para-hydroxylation sites is 1. The highest BCUT2D eigenvalue weighted by Crippen LogP contribution is 2.29. The molecule has 1 amide bonds. The Morgan fingerprint density at radius 2 is 1.91 bits per heavy atom. The maximum Gasteiger partial charge on any atom is 0.238 e. The van der Waals surface area contributed by atoms with Gasteiger partial charge in [0.1, 0.15) is 0 Å². The minimum absolute atomic E-state index is 0.165. The summed E-state index contributed by atoms with van der Waals surface area (Å²) in [5.74, 6) is -0.165. The number of hydrogen-bond donors (Lipinski definition) is 1. The van der Waals surface area contributed by atoms with Gasteiger partial charge in [-0.05, 0) is 33.0 Å². The molecule has 0 aliphatic carbocycles. The van der Waals surface area contributed by atoms with Crippen LogP contribution < -0.4 is 5.32 Å². The fourth-order valence-corrected chi connectivity index (χ4v) is 2.91. The fourth-order valence-electron chi connectivity index (χ4n) is 2.41. The van der Waals surface area contributed by atoms with Crippen molar-refractivity contribution in [1.29, 1.82) is 0 Å². The van der Waals surface area contributed by atoms with Crippen LogP contribution in [0, 0.1) is 13.8 Å². The number of halogens is 2. The van der Waals surface area contributed by atoms with Crippen molar-refractivity contribution < 1.29 is 4.79 Å². The van der Waals surface area contributed by atoms with E-state index in [1.54, 1.807) is 18.2 Å². The number of aryl methyl sites for hydroxylation is 2. The molecule has 7 heteroatoms. The lowest BCUT2D eigenvalue weighted by Crippen LogP contribution is -2.30. The molecular weight excluding hydrogens is 335 g/mol. The molecule has 1 aromatic heterocycles. The van der Waals surface area contributed by atoms with Crippen LogP contribution in [0.15, 0.2) is 18.2 Å². The van der Waals surface area contributed by atoms with Gasteiger partial charge < -0.3 is 5.32 Å². The van der Waals surface area contributed by atoms with Crippen LogP contribution in [0.5, 0.6) is 0 Å². The predicted molar refractivity (Wildman–Crippen MR) is 94.1 cm³/mol. The van der Waals surface area contributed by atoms with Crippen molar-refractivity contribution in [3.05, 3.63) is 45.2 Å². The van der Waals surface area contributed by atoms with Gasteiger partial charge in [0.25, 0.3) is 0 Å². The summed E-state index contributed by atoms with van der Waals surface area (Å²) in [6.45, 7) is 4.87. The molecule has 23 heavy (non-hydrogen) atoms. The molecule has 124 valence electrons. The van der Waals surface area contributed by atoms with Crippen LogP contribution >= 0.6 is 23.2 Å². The summed E-state index contributed by atoms with van der Waals surface area (Å²) in [6, 6.07) is 5.12. The SMILES string of the molecule is Cc1nn(C)c(C)c1CN(C)CC(=O)Nc1c(Cl)cccc1Cl. The van der Waals surface area contributed by atoms with E-state index in [4.69, 9.17) is 23.2 Å². The summed E-state index contributed by atoms with van der Waals surface area (Å²) in [7, 11) is 3.80. The predicted octanol–water partition coefficient (Wildman–Crippen LogP) is 3.41. The standard InChI is InChI=1S/C16H20Cl2N4O/c1-10-12(11(2)22(4)20-10)8-21(3)9-15(23)19-16-13(17)6-5-7-14(16)18/h5-7H,8-9H2,1-4H3,(H,19,23). The molecule has 0 saturated carbocycles. The normalized spacial score (nSPS) is 11.1. The highest BCUT2D eigenvalue weighted by Gasteiger charge is 2.15. The zero-order valence-electron chi connectivity index (χ0n) is 13.7. The van der Waals surface area contributed by atoms with E-state index < -0.39 is 0 Å². The number of hydrogen-bond acceptors (Lipinski definition) is 3. The molecule has 0 spiro atoms. The lowest BCUT2D eigenvalue weighted by Gasteiger charge is -2.17. The Kier molecular flexibility index (Phi) is 5.68. The van der Waals surface area contributed by atoms with Crippen molar-refractivity contribution in [2.75, 3.05) is 18.9 Å². The summed E-state index contributed by atoms with van der Waals surface area (Å²) in [5.41, 5.74) is 3.66. The van der Waals surface area contributed by atoms with Gasteiger partial charge in [0.2, 0.25) is 5.91 Å². The van der Waals surface area contributed by atoms with Gasteiger partial charge in [-0.1, -0.05) is 29.3 Å². The maximum atomic E-state index is 12.2. The van der Waals surface area contributed by atoms with Crippen molar-refractivity contribution in [2.24, 2.45) is 7.05 Å². The Bertz CT molecular complexity index is 707. The first kappa shape index (κ1) is 17.8. The van der Waals surface area contributed by atoms with Crippen LogP contribution in [-0.2, 0) is 18.4 Å².